The van der Waals surface area contributed by atoms with E-state index >= 15 is 0 Å². The van der Waals surface area contributed by atoms with Gasteiger partial charge in [0.05, 0.1) is 5.75 Å². The average molecular weight is 337 g/mol. The minimum Gasteiger partial charge on any atom is -0.351 e. The minimum absolute atomic E-state index is 0.0322. The average Bonchev–Trinajstić information content (AvgIpc) is 2.45. The zero-order valence-electron chi connectivity index (χ0n) is 10.2. The largest absolute Gasteiger partial charge is 0.351 e. The number of carbonyl (C=O) groups is 1. The van der Waals surface area contributed by atoms with Crippen LogP contribution in [0.15, 0.2) is 58.2 Å². The maximum absolute atomic E-state index is 11.7. The van der Waals surface area contributed by atoms with Gasteiger partial charge in [0.15, 0.2) is 0 Å². The molecule has 19 heavy (non-hydrogen) atoms. The van der Waals surface area contributed by atoms with Crippen LogP contribution >= 0.6 is 27.7 Å². The Morgan fingerprint density at radius 2 is 1.84 bits per heavy atom. The van der Waals surface area contributed by atoms with Gasteiger partial charge in [-0.2, -0.15) is 0 Å². The zero-order chi connectivity index (χ0) is 13.5. The molecule has 1 aromatic heterocycles. The Morgan fingerprint density at radius 3 is 2.53 bits per heavy atom. The summed E-state index contributed by atoms with van der Waals surface area (Å²) >= 11 is 4.89. The van der Waals surface area contributed by atoms with Crippen molar-refractivity contribution in [3.8, 4) is 0 Å². The zero-order valence-corrected chi connectivity index (χ0v) is 12.6. The van der Waals surface area contributed by atoms with E-state index in [1.807, 2.05) is 36.4 Å². The molecule has 1 amide bonds. The minimum atomic E-state index is 0.0322. The van der Waals surface area contributed by atoms with E-state index in [9.17, 15) is 4.79 Å². The second-order valence-electron chi connectivity index (χ2n) is 3.87. The number of aromatic nitrogens is 1. The predicted molar refractivity (Wildman–Crippen MR) is 80.9 cm³/mol. The van der Waals surface area contributed by atoms with Gasteiger partial charge in [0.2, 0.25) is 5.91 Å². The molecule has 0 fully saturated rings. The number of benzene rings is 1. The first-order valence-corrected chi connectivity index (χ1v) is 7.56. The molecular weight excluding hydrogens is 324 g/mol. The highest BCUT2D eigenvalue weighted by atomic mass is 79.9. The lowest BCUT2D eigenvalue weighted by Gasteiger charge is -2.05. The summed E-state index contributed by atoms with van der Waals surface area (Å²) in [6, 6.07) is 11.7. The summed E-state index contributed by atoms with van der Waals surface area (Å²) in [7, 11) is 0. The quantitative estimate of drug-likeness (QED) is 0.852. The van der Waals surface area contributed by atoms with Gasteiger partial charge >= 0.3 is 0 Å². The highest BCUT2D eigenvalue weighted by molar-refractivity contribution is 9.10. The molecule has 2 rings (SSSR count). The molecular formula is C14H13BrN2OS. The van der Waals surface area contributed by atoms with Crippen molar-refractivity contribution in [2.45, 2.75) is 11.4 Å². The van der Waals surface area contributed by atoms with E-state index in [0.29, 0.717) is 12.3 Å². The third-order valence-electron chi connectivity index (χ3n) is 2.42. The van der Waals surface area contributed by atoms with E-state index in [4.69, 9.17) is 0 Å². The predicted octanol–water partition coefficient (Wildman–Crippen LogP) is 3.25. The summed E-state index contributed by atoms with van der Waals surface area (Å²) in [6.07, 6.45) is 3.45. The lowest BCUT2D eigenvalue weighted by atomic mass is 10.2. The summed E-state index contributed by atoms with van der Waals surface area (Å²) in [5, 5.41) is 2.90. The van der Waals surface area contributed by atoms with Gasteiger partial charge in [-0.15, -0.1) is 11.8 Å². The molecule has 0 atom stereocenters. The lowest BCUT2D eigenvalue weighted by molar-refractivity contribution is -0.118. The van der Waals surface area contributed by atoms with Crippen LogP contribution < -0.4 is 5.32 Å². The number of carbonyl (C=O) groups excluding carboxylic acids is 1. The van der Waals surface area contributed by atoms with Crippen molar-refractivity contribution in [1.82, 2.24) is 10.3 Å². The Hall–Kier alpha value is -1.33. The van der Waals surface area contributed by atoms with Crippen LogP contribution in [0.2, 0.25) is 0 Å². The topological polar surface area (TPSA) is 42.0 Å². The van der Waals surface area contributed by atoms with Crippen molar-refractivity contribution in [1.29, 1.82) is 0 Å². The molecule has 0 saturated carbocycles. The summed E-state index contributed by atoms with van der Waals surface area (Å²) in [6.45, 7) is 0.559. The normalized spacial score (nSPS) is 10.2. The first-order valence-electron chi connectivity index (χ1n) is 5.78. The fourth-order valence-corrected chi connectivity index (χ4v) is 2.42. The fourth-order valence-electron chi connectivity index (χ4n) is 1.44. The summed E-state index contributed by atoms with van der Waals surface area (Å²) < 4.78 is 1.04. The molecule has 1 N–H and O–H groups in total. The Bertz CT molecular complexity index is 531. The summed E-state index contributed by atoms with van der Waals surface area (Å²) in [5.41, 5.74) is 1.09. The molecule has 0 unspecified atom stereocenters. The van der Waals surface area contributed by atoms with Crippen LogP contribution in [-0.4, -0.2) is 16.6 Å². The molecule has 0 spiro atoms. The van der Waals surface area contributed by atoms with Gasteiger partial charge in [-0.1, -0.05) is 28.1 Å². The molecule has 1 aromatic carbocycles. The van der Waals surface area contributed by atoms with Crippen molar-refractivity contribution < 1.29 is 4.79 Å². The van der Waals surface area contributed by atoms with E-state index < -0.39 is 0 Å². The number of amides is 1. The molecule has 1 heterocycles. The van der Waals surface area contributed by atoms with Crippen molar-refractivity contribution in [2.75, 3.05) is 5.75 Å². The van der Waals surface area contributed by atoms with E-state index in [1.54, 1.807) is 12.4 Å². The van der Waals surface area contributed by atoms with E-state index in [-0.39, 0.29) is 5.91 Å². The molecule has 0 aliphatic rings. The first-order chi connectivity index (χ1) is 9.24. The number of nitrogens with zero attached hydrogens (tertiary/aromatic N) is 1. The van der Waals surface area contributed by atoms with Crippen LogP contribution in [0.5, 0.6) is 0 Å². The Labute approximate surface area is 125 Å². The second kappa shape index (κ2) is 7.31. The Kier molecular flexibility index (Phi) is 5.42. The number of rotatable bonds is 5. The van der Waals surface area contributed by atoms with Gasteiger partial charge in [0.25, 0.3) is 0 Å². The molecule has 3 nitrogen and oxygen atoms in total. The maximum atomic E-state index is 11.7. The van der Waals surface area contributed by atoms with Gasteiger partial charge in [0, 0.05) is 28.3 Å². The van der Waals surface area contributed by atoms with Crippen LogP contribution in [0.4, 0.5) is 0 Å². The van der Waals surface area contributed by atoms with E-state index in [2.05, 4.69) is 26.2 Å². The number of nitrogens with one attached hydrogen (secondary N) is 1. The standard InChI is InChI=1S/C14H13BrN2OS/c15-12-3-1-11(2-4-12)9-17-14(18)10-19-13-5-7-16-8-6-13/h1-8H,9-10H2,(H,17,18). The molecule has 2 aromatic rings. The SMILES string of the molecule is O=C(CSc1ccncc1)NCc1ccc(Br)cc1. The number of hydrogen-bond acceptors (Lipinski definition) is 3. The third kappa shape index (κ3) is 5.04. The Balaban J connectivity index is 1.74. The summed E-state index contributed by atoms with van der Waals surface area (Å²) in [4.78, 5) is 16.7. The van der Waals surface area contributed by atoms with E-state index in [0.717, 1.165) is 14.9 Å². The molecule has 0 radical (unpaired) electrons. The number of pyridine rings is 1. The second-order valence-corrected chi connectivity index (χ2v) is 5.84. The van der Waals surface area contributed by atoms with Crippen molar-refractivity contribution in [3.05, 3.63) is 58.8 Å². The van der Waals surface area contributed by atoms with E-state index in [1.165, 1.54) is 11.8 Å². The highest BCUT2D eigenvalue weighted by Crippen LogP contribution is 2.15. The lowest BCUT2D eigenvalue weighted by Crippen LogP contribution is -2.24. The number of thioether (sulfide) groups is 1. The van der Waals surface area contributed by atoms with Crippen LogP contribution in [0.1, 0.15) is 5.56 Å². The van der Waals surface area contributed by atoms with Crippen LogP contribution in [0.3, 0.4) is 0 Å². The fraction of sp³-hybridized carbons (Fsp3) is 0.143. The summed E-state index contributed by atoms with van der Waals surface area (Å²) in [5.74, 6) is 0.449. The third-order valence-corrected chi connectivity index (χ3v) is 3.96. The number of hydrogen-bond donors (Lipinski definition) is 1. The Morgan fingerprint density at radius 1 is 1.16 bits per heavy atom. The first kappa shape index (κ1) is 14.1. The molecule has 98 valence electrons. The molecule has 0 saturated heterocycles. The van der Waals surface area contributed by atoms with Crippen LogP contribution in [-0.2, 0) is 11.3 Å². The molecule has 0 aliphatic carbocycles. The van der Waals surface area contributed by atoms with Gasteiger partial charge in [-0.3, -0.25) is 9.78 Å². The number of halogens is 1. The monoisotopic (exact) mass is 336 g/mol. The van der Waals surface area contributed by atoms with Gasteiger partial charge in [-0.05, 0) is 29.8 Å². The van der Waals surface area contributed by atoms with Gasteiger partial charge < -0.3 is 5.32 Å². The van der Waals surface area contributed by atoms with Gasteiger partial charge in [-0.25, -0.2) is 0 Å². The smallest absolute Gasteiger partial charge is 0.230 e. The molecule has 0 aliphatic heterocycles. The van der Waals surface area contributed by atoms with Crippen molar-refractivity contribution >= 4 is 33.6 Å². The van der Waals surface area contributed by atoms with Crippen LogP contribution in [0.25, 0.3) is 0 Å². The molecule has 0 bridgehead atoms. The van der Waals surface area contributed by atoms with Crippen molar-refractivity contribution in [2.24, 2.45) is 0 Å². The highest BCUT2D eigenvalue weighted by Gasteiger charge is 2.02. The molecule has 5 heteroatoms. The maximum Gasteiger partial charge on any atom is 0.230 e. The van der Waals surface area contributed by atoms with Crippen molar-refractivity contribution in [3.63, 3.8) is 0 Å². The van der Waals surface area contributed by atoms with Gasteiger partial charge in [0.1, 0.15) is 0 Å². The van der Waals surface area contributed by atoms with Crippen LogP contribution in [0, 0.1) is 0 Å².